The normalized spacial score (nSPS) is 10.6. The second kappa shape index (κ2) is 7.65. The lowest BCUT2D eigenvalue weighted by Crippen LogP contribution is -2.21. The Kier molecular flexibility index (Phi) is 6.47. The Bertz CT molecular complexity index is 579. The lowest BCUT2D eigenvalue weighted by molar-refractivity contribution is -0.383. The van der Waals surface area contributed by atoms with Crippen LogP contribution in [0, 0.1) is 10.1 Å². The van der Waals surface area contributed by atoms with Gasteiger partial charge < -0.3 is 10.6 Å². The van der Waals surface area contributed by atoms with Crippen LogP contribution in [0.4, 0.5) is 17.1 Å². The molecule has 0 spiro atoms. The van der Waals surface area contributed by atoms with Crippen molar-refractivity contribution in [1.82, 2.24) is 0 Å². The van der Waals surface area contributed by atoms with E-state index in [0.717, 1.165) is 12.1 Å². The van der Waals surface area contributed by atoms with Crippen molar-refractivity contribution in [3.05, 3.63) is 28.3 Å². The number of benzene rings is 1. The molecule has 0 unspecified atom stereocenters. The van der Waals surface area contributed by atoms with Gasteiger partial charge in [0, 0.05) is 11.8 Å². The Hall–Kier alpha value is -1.28. The Balaban J connectivity index is 3.09. The Morgan fingerprint density at radius 3 is 2.05 bits per heavy atom. The first-order valence-corrected chi connectivity index (χ1v) is 6.93. The maximum Gasteiger partial charge on any atom is 0.292 e. The van der Waals surface area contributed by atoms with E-state index >= 15 is 0 Å². The van der Waals surface area contributed by atoms with E-state index in [-0.39, 0.29) is 11.4 Å². The zero-order valence-electron chi connectivity index (χ0n) is 9.98. The highest BCUT2D eigenvalue weighted by atomic mass is 35.5. The predicted molar refractivity (Wildman–Crippen MR) is 81.3 cm³/mol. The minimum atomic E-state index is -1.40. The molecule has 0 aliphatic rings. The molecule has 0 radical (unpaired) electrons. The van der Waals surface area contributed by atoms with E-state index in [1.807, 2.05) is 0 Å². The average molecular weight is 375 g/mol. The van der Waals surface area contributed by atoms with Crippen molar-refractivity contribution in [3.8, 4) is 0 Å². The topological polar surface area (TPSA) is 101 Å². The van der Waals surface area contributed by atoms with Gasteiger partial charge in [-0.15, -0.1) is 0 Å². The van der Waals surface area contributed by atoms with Crippen molar-refractivity contribution in [3.63, 3.8) is 0 Å². The first kappa shape index (κ1) is 17.8. The molecule has 1 aromatic rings. The highest BCUT2D eigenvalue weighted by Gasteiger charge is 2.20. The van der Waals surface area contributed by atoms with Gasteiger partial charge in [-0.3, -0.25) is 19.7 Å². The molecule has 0 heterocycles. The molecule has 2 amide bonds. The minimum Gasteiger partial charge on any atom is -0.324 e. The van der Waals surface area contributed by atoms with Gasteiger partial charge in [-0.05, 0) is 12.1 Å². The number of carbonyl (C=O) groups is 2. The first-order chi connectivity index (χ1) is 9.72. The van der Waals surface area contributed by atoms with Crippen LogP contribution in [0.25, 0.3) is 0 Å². The van der Waals surface area contributed by atoms with Gasteiger partial charge in [0.1, 0.15) is 5.69 Å². The second-order valence-electron chi connectivity index (χ2n) is 3.57. The molecule has 1 rings (SSSR count). The number of nitrogens with zero attached hydrogens (tertiary/aromatic N) is 1. The molecule has 2 N–H and O–H groups in total. The van der Waals surface area contributed by atoms with Crippen LogP contribution in [0.2, 0.25) is 0 Å². The molecule has 0 bridgehead atoms. The number of nitrogens with one attached hydrogen (secondary N) is 2. The van der Waals surface area contributed by atoms with Crippen molar-refractivity contribution in [2.45, 2.75) is 9.67 Å². The van der Waals surface area contributed by atoms with E-state index in [0.29, 0.717) is 0 Å². The number of hydrogen-bond acceptors (Lipinski definition) is 4. The third-order valence-corrected chi connectivity index (χ3v) is 2.91. The SMILES string of the molecule is O=C(Nc1ccc([N+](=O)[O-])c(NC(=O)C(Cl)Cl)c1)C(Cl)Cl. The predicted octanol–water partition coefficient (Wildman–Crippen LogP) is 3.08. The average Bonchev–Trinajstić information content (AvgIpc) is 2.38. The van der Waals surface area contributed by atoms with Crippen LogP contribution in [0.15, 0.2) is 18.2 Å². The smallest absolute Gasteiger partial charge is 0.292 e. The van der Waals surface area contributed by atoms with Crippen LogP contribution >= 0.6 is 46.4 Å². The van der Waals surface area contributed by atoms with Gasteiger partial charge in [-0.1, -0.05) is 46.4 Å². The number of rotatable bonds is 5. The summed E-state index contributed by atoms with van der Waals surface area (Å²) in [5.41, 5.74) is -0.439. The maximum absolute atomic E-state index is 11.4. The lowest BCUT2D eigenvalue weighted by atomic mass is 10.2. The van der Waals surface area contributed by atoms with Crippen LogP contribution in [-0.4, -0.2) is 26.4 Å². The Labute approximate surface area is 138 Å². The molecule has 7 nitrogen and oxygen atoms in total. The third-order valence-electron chi connectivity index (χ3n) is 2.12. The molecular formula is C10H7Cl4N3O4. The van der Waals surface area contributed by atoms with Gasteiger partial charge in [0.2, 0.25) is 0 Å². The van der Waals surface area contributed by atoms with Crippen LogP contribution < -0.4 is 10.6 Å². The Morgan fingerprint density at radius 1 is 1.05 bits per heavy atom. The van der Waals surface area contributed by atoms with E-state index in [1.165, 1.54) is 6.07 Å². The molecule has 0 aliphatic heterocycles. The van der Waals surface area contributed by atoms with E-state index in [4.69, 9.17) is 46.4 Å². The van der Waals surface area contributed by atoms with Crippen LogP contribution in [-0.2, 0) is 9.59 Å². The summed E-state index contributed by atoms with van der Waals surface area (Å²) in [5.74, 6) is -1.57. The summed E-state index contributed by atoms with van der Waals surface area (Å²) in [5, 5.41) is 15.4. The number of nitro groups is 1. The number of alkyl halides is 4. The summed E-state index contributed by atoms with van der Waals surface area (Å²) in [7, 11) is 0. The van der Waals surface area contributed by atoms with Crippen molar-refractivity contribution in [2.75, 3.05) is 10.6 Å². The van der Waals surface area contributed by atoms with Gasteiger partial charge in [0.15, 0.2) is 9.67 Å². The quantitative estimate of drug-likeness (QED) is 0.469. The fraction of sp³-hybridized carbons (Fsp3) is 0.200. The number of halogens is 4. The molecule has 0 fully saturated rings. The first-order valence-electron chi connectivity index (χ1n) is 5.19. The molecule has 0 saturated heterocycles. The summed E-state index contributed by atoms with van der Waals surface area (Å²) >= 11 is 21.4. The van der Waals surface area contributed by atoms with Crippen LogP contribution in [0.5, 0.6) is 0 Å². The third kappa shape index (κ3) is 5.20. The number of anilines is 2. The van der Waals surface area contributed by atoms with E-state index < -0.39 is 32.1 Å². The summed E-state index contributed by atoms with van der Waals surface area (Å²) in [6.45, 7) is 0. The van der Waals surface area contributed by atoms with E-state index in [9.17, 15) is 19.7 Å². The molecule has 1 aromatic carbocycles. The van der Waals surface area contributed by atoms with Gasteiger partial charge in [0.05, 0.1) is 4.92 Å². The van der Waals surface area contributed by atoms with E-state index in [1.54, 1.807) is 0 Å². The monoisotopic (exact) mass is 373 g/mol. The van der Waals surface area contributed by atoms with Crippen LogP contribution in [0.1, 0.15) is 0 Å². The van der Waals surface area contributed by atoms with Crippen molar-refractivity contribution in [2.24, 2.45) is 0 Å². The zero-order valence-corrected chi connectivity index (χ0v) is 13.0. The Morgan fingerprint density at radius 2 is 1.57 bits per heavy atom. The minimum absolute atomic E-state index is 0.146. The lowest BCUT2D eigenvalue weighted by Gasteiger charge is -2.10. The largest absolute Gasteiger partial charge is 0.324 e. The number of hydrogen-bond donors (Lipinski definition) is 2. The number of carbonyl (C=O) groups excluding carboxylic acids is 2. The van der Waals surface area contributed by atoms with Crippen molar-refractivity contribution < 1.29 is 14.5 Å². The summed E-state index contributed by atoms with van der Waals surface area (Å²) in [4.78, 5) is 30.2. The molecule has 0 aromatic heterocycles. The standard InChI is InChI=1S/C10H7Cl4N3O4/c11-7(12)9(18)15-4-1-2-6(17(20)21)5(3-4)16-10(19)8(13)14/h1-3,7-8H,(H,15,18)(H,16,19). The van der Waals surface area contributed by atoms with Crippen LogP contribution in [0.3, 0.4) is 0 Å². The molecular weight excluding hydrogens is 368 g/mol. The van der Waals surface area contributed by atoms with Gasteiger partial charge >= 0.3 is 0 Å². The highest BCUT2D eigenvalue weighted by Crippen LogP contribution is 2.28. The summed E-state index contributed by atoms with van der Waals surface area (Å²) < 4.78 is 0. The second-order valence-corrected chi connectivity index (χ2v) is 5.76. The highest BCUT2D eigenvalue weighted by molar-refractivity contribution is 6.55. The van der Waals surface area contributed by atoms with E-state index in [2.05, 4.69) is 10.6 Å². The number of nitro benzene ring substituents is 1. The zero-order chi connectivity index (χ0) is 16.2. The molecule has 0 aliphatic carbocycles. The molecule has 11 heteroatoms. The van der Waals surface area contributed by atoms with Crippen molar-refractivity contribution in [1.29, 1.82) is 0 Å². The fourth-order valence-electron chi connectivity index (χ4n) is 1.26. The molecule has 21 heavy (non-hydrogen) atoms. The fourth-order valence-corrected chi connectivity index (χ4v) is 1.48. The maximum atomic E-state index is 11.4. The van der Waals surface area contributed by atoms with Crippen molar-refractivity contribution >= 4 is 75.3 Å². The molecule has 0 saturated carbocycles. The van der Waals surface area contributed by atoms with Gasteiger partial charge in [-0.25, -0.2) is 0 Å². The summed E-state index contributed by atoms with van der Waals surface area (Å²) in [6, 6.07) is 3.49. The number of amides is 2. The molecule has 0 atom stereocenters. The molecule has 114 valence electrons. The summed E-state index contributed by atoms with van der Waals surface area (Å²) in [6.07, 6.45) is 0. The van der Waals surface area contributed by atoms with Gasteiger partial charge in [-0.2, -0.15) is 0 Å². The van der Waals surface area contributed by atoms with Gasteiger partial charge in [0.25, 0.3) is 17.5 Å².